The van der Waals surface area contributed by atoms with E-state index in [-0.39, 0.29) is 12.3 Å². The summed E-state index contributed by atoms with van der Waals surface area (Å²) in [4.78, 5) is 12.7. The molecule has 0 amide bonds. The van der Waals surface area contributed by atoms with E-state index in [1.54, 1.807) is 24.3 Å². The molecule has 3 rings (SSSR count). The zero-order valence-corrected chi connectivity index (χ0v) is 26.0. The molecule has 0 aliphatic carbocycles. The topological polar surface area (TPSA) is 54.0 Å². The molecule has 5 nitrogen and oxygen atoms in total. The number of unbranched alkanes of at least 4 members (excludes halogenated alkanes) is 13. The van der Waals surface area contributed by atoms with Gasteiger partial charge >= 0.3 is 5.97 Å². The normalized spacial score (nSPS) is 16.7. The zero-order chi connectivity index (χ0) is 29.7. The van der Waals surface area contributed by atoms with E-state index in [4.69, 9.17) is 18.9 Å². The molecule has 0 spiro atoms. The maximum atomic E-state index is 12.7. The lowest BCUT2D eigenvalue weighted by Gasteiger charge is -2.29. The van der Waals surface area contributed by atoms with Crippen LogP contribution in [0, 0.1) is 5.92 Å². The van der Waals surface area contributed by atoms with Crippen LogP contribution in [0.3, 0.4) is 0 Å². The molecule has 0 saturated carbocycles. The highest BCUT2D eigenvalue weighted by molar-refractivity contribution is 5.91. The highest BCUT2D eigenvalue weighted by atomic mass is 16.7. The summed E-state index contributed by atoms with van der Waals surface area (Å²) < 4.78 is 23.4. The van der Waals surface area contributed by atoms with E-state index in [9.17, 15) is 4.79 Å². The van der Waals surface area contributed by atoms with E-state index in [2.05, 4.69) is 13.5 Å². The maximum absolute atomic E-state index is 12.7. The summed E-state index contributed by atoms with van der Waals surface area (Å²) in [5.74, 6) is 1.36. The molecule has 2 aromatic rings. The Morgan fingerprint density at radius 1 is 0.762 bits per heavy atom. The molecular weight excluding hydrogens is 524 g/mol. The molecule has 232 valence electrons. The summed E-state index contributed by atoms with van der Waals surface area (Å²) in [5.41, 5.74) is 1.43. The van der Waals surface area contributed by atoms with Crippen molar-refractivity contribution < 1.29 is 23.7 Å². The molecule has 0 unspecified atom stereocenters. The molecule has 1 aliphatic rings. The van der Waals surface area contributed by atoms with Crippen LogP contribution in [-0.4, -0.2) is 25.8 Å². The Morgan fingerprint density at radius 2 is 1.33 bits per heavy atom. The molecule has 1 heterocycles. The van der Waals surface area contributed by atoms with Crippen molar-refractivity contribution >= 4 is 5.97 Å². The second kappa shape index (κ2) is 21.1. The SMILES string of the molecule is C=CCCCCCCCCCCOc1ccc(C(=O)Oc2ccc(C3OCC(CCCCCCCC)CO3)cc2)cc1. The lowest BCUT2D eigenvalue weighted by Crippen LogP contribution is -2.27. The molecule has 1 saturated heterocycles. The van der Waals surface area contributed by atoms with Gasteiger partial charge < -0.3 is 18.9 Å². The van der Waals surface area contributed by atoms with E-state index >= 15 is 0 Å². The van der Waals surface area contributed by atoms with Crippen LogP contribution in [-0.2, 0) is 9.47 Å². The Bertz CT molecular complexity index is 976. The lowest BCUT2D eigenvalue weighted by molar-refractivity contribution is -0.206. The molecule has 0 atom stereocenters. The quantitative estimate of drug-likeness (QED) is 0.0602. The zero-order valence-electron chi connectivity index (χ0n) is 26.0. The monoisotopic (exact) mass is 578 g/mol. The standard InChI is InChI=1S/C37H54O5/c1-3-5-7-9-11-12-13-14-16-18-28-39-34-24-20-32(21-25-34)36(38)42-35-26-22-33(23-27-35)37-40-29-31(30-41-37)19-17-15-10-8-6-4-2/h3,20-27,31,37H,1,4-19,28-30H2,2H3. The van der Waals surface area contributed by atoms with Gasteiger partial charge in [0.05, 0.1) is 25.4 Å². The molecule has 2 aromatic carbocycles. The molecule has 42 heavy (non-hydrogen) atoms. The van der Waals surface area contributed by atoms with Crippen molar-refractivity contribution in [1.82, 2.24) is 0 Å². The summed E-state index contributed by atoms with van der Waals surface area (Å²) >= 11 is 0. The van der Waals surface area contributed by atoms with Crippen molar-refractivity contribution in [3.63, 3.8) is 0 Å². The Balaban J connectivity index is 1.27. The predicted octanol–water partition coefficient (Wildman–Crippen LogP) is 10.4. The minimum absolute atomic E-state index is 0.361. The average molecular weight is 579 g/mol. The van der Waals surface area contributed by atoms with Gasteiger partial charge in [0.15, 0.2) is 6.29 Å². The van der Waals surface area contributed by atoms with Gasteiger partial charge in [0.2, 0.25) is 0 Å². The molecule has 0 bridgehead atoms. The number of ether oxygens (including phenoxy) is 4. The van der Waals surface area contributed by atoms with E-state index in [1.807, 2.05) is 30.3 Å². The minimum Gasteiger partial charge on any atom is -0.494 e. The van der Waals surface area contributed by atoms with Gasteiger partial charge in [0.1, 0.15) is 11.5 Å². The summed E-state index contributed by atoms with van der Waals surface area (Å²) in [6, 6.07) is 14.6. The summed E-state index contributed by atoms with van der Waals surface area (Å²) in [7, 11) is 0. The van der Waals surface area contributed by atoms with Gasteiger partial charge in [-0.2, -0.15) is 0 Å². The van der Waals surface area contributed by atoms with Gasteiger partial charge in [0, 0.05) is 11.5 Å². The highest BCUT2D eigenvalue weighted by Gasteiger charge is 2.23. The van der Waals surface area contributed by atoms with Gasteiger partial charge in [-0.3, -0.25) is 0 Å². The third-order valence-electron chi connectivity index (χ3n) is 7.96. The van der Waals surface area contributed by atoms with Gasteiger partial charge in [0.25, 0.3) is 0 Å². The Kier molecular flexibility index (Phi) is 17.0. The van der Waals surface area contributed by atoms with Gasteiger partial charge in [-0.05, 0) is 62.1 Å². The van der Waals surface area contributed by atoms with E-state index < -0.39 is 0 Å². The van der Waals surface area contributed by atoms with Crippen LogP contribution in [0.2, 0.25) is 0 Å². The molecule has 0 radical (unpaired) electrons. The molecule has 5 heteroatoms. The van der Waals surface area contributed by atoms with Crippen molar-refractivity contribution in [3.8, 4) is 11.5 Å². The van der Waals surface area contributed by atoms with Gasteiger partial charge in [-0.25, -0.2) is 4.79 Å². The van der Waals surface area contributed by atoms with Gasteiger partial charge in [-0.15, -0.1) is 6.58 Å². The number of hydrogen-bond acceptors (Lipinski definition) is 5. The van der Waals surface area contributed by atoms with Gasteiger partial charge in [-0.1, -0.05) is 102 Å². The maximum Gasteiger partial charge on any atom is 0.343 e. The largest absolute Gasteiger partial charge is 0.494 e. The first-order chi connectivity index (χ1) is 20.7. The molecule has 0 N–H and O–H groups in total. The fourth-order valence-electron chi connectivity index (χ4n) is 5.30. The number of esters is 1. The molecular formula is C37H54O5. The Hall–Kier alpha value is -2.63. The third kappa shape index (κ3) is 13.6. The predicted molar refractivity (Wildman–Crippen MR) is 171 cm³/mol. The van der Waals surface area contributed by atoms with Crippen LogP contribution in [0.25, 0.3) is 0 Å². The van der Waals surface area contributed by atoms with Crippen molar-refractivity contribution in [2.24, 2.45) is 5.92 Å². The summed E-state index contributed by atoms with van der Waals surface area (Å²) in [6.07, 6.45) is 21.8. The fraction of sp³-hybridized carbons (Fsp3) is 0.595. The number of carbonyl (C=O) groups is 1. The van der Waals surface area contributed by atoms with Crippen LogP contribution in [0.15, 0.2) is 61.2 Å². The molecule has 1 aliphatic heterocycles. The smallest absolute Gasteiger partial charge is 0.343 e. The number of hydrogen-bond donors (Lipinski definition) is 0. The Morgan fingerprint density at radius 3 is 1.98 bits per heavy atom. The van der Waals surface area contributed by atoms with Crippen LogP contribution >= 0.6 is 0 Å². The summed E-state index contributed by atoms with van der Waals surface area (Å²) in [6.45, 7) is 8.18. The third-order valence-corrected chi connectivity index (χ3v) is 7.96. The first kappa shape index (κ1) is 33.9. The van der Waals surface area contributed by atoms with Crippen LogP contribution in [0.1, 0.15) is 132 Å². The number of rotatable bonds is 22. The number of allylic oxidation sites excluding steroid dienone is 1. The number of carbonyl (C=O) groups excluding carboxylic acids is 1. The Labute approximate surface area is 255 Å². The summed E-state index contributed by atoms with van der Waals surface area (Å²) in [5, 5.41) is 0. The van der Waals surface area contributed by atoms with Crippen LogP contribution in [0.4, 0.5) is 0 Å². The second-order valence-electron chi connectivity index (χ2n) is 11.7. The van der Waals surface area contributed by atoms with Crippen molar-refractivity contribution in [1.29, 1.82) is 0 Å². The van der Waals surface area contributed by atoms with Crippen molar-refractivity contribution in [2.45, 2.75) is 116 Å². The minimum atomic E-state index is -0.388. The first-order valence-corrected chi connectivity index (χ1v) is 16.6. The fourth-order valence-corrected chi connectivity index (χ4v) is 5.30. The van der Waals surface area contributed by atoms with E-state index in [0.717, 1.165) is 43.8 Å². The number of benzene rings is 2. The van der Waals surface area contributed by atoms with E-state index in [0.29, 0.717) is 23.8 Å². The van der Waals surface area contributed by atoms with Crippen LogP contribution < -0.4 is 9.47 Å². The lowest BCUT2D eigenvalue weighted by atomic mass is 10.0. The van der Waals surface area contributed by atoms with Crippen molar-refractivity contribution in [3.05, 3.63) is 72.3 Å². The molecule has 0 aromatic heterocycles. The average Bonchev–Trinajstić information content (AvgIpc) is 3.02. The van der Waals surface area contributed by atoms with Crippen LogP contribution in [0.5, 0.6) is 11.5 Å². The second-order valence-corrected chi connectivity index (χ2v) is 11.7. The highest BCUT2D eigenvalue weighted by Crippen LogP contribution is 2.29. The van der Waals surface area contributed by atoms with E-state index in [1.165, 1.54) is 83.5 Å². The van der Waals surface area contributed by atoms with Crippen molar-refractivity contribution in [2.75, 3.05) is 19.8 Å². The first-order valence-electron chi connectivity index (χ1n) is 16.6. The molecule has 1 fully saturated rings.